The summed E-state index contributed by atoms with van der Waals surface area (Å²) < 4.78 is 5.60. The van der Waals surface area contributed by atoms with Gasteiger partial charge in [-0.25, -0.2) is 4.98 Å². The van der Waals surface area contributed by atoms with Gasteiger partial charge in [0.1, 0.15) is 12.3 Å². The van der Waals surface area contributed by atoms with Crippen molar-refractivity contribution in [1.29, 1.82) is 0 Å². The number of hydrogen-bond acceptors (Lipinski definition) is 4. The quantitative estimate of drug-likeness (QED) is 0.594. The first-order valence-corrected chi connectivity index (χ1v) is 10.2. The molecular formula is C22H26N4O3. The average molecular weight is 394 g/mol. The van der Waals surface area contributed by atoms with Crippen LogP contribution in [0.2, 0.25) is 0 Å². The van der Waals surface area contributed by atoms with E-state index in [0.29, 0.717) is 12.3 Å². The molecule has 0 saturated heterocycles. The first-order valence-electron chi connectivity index (χ1n) is 10.2. The molecule has 2 aromatic heterocycles. The van der Waals surface area contributed by atoms with Crippen molar-refractivity contribution in [2.45, 2.75) is 57.5 Å². The highest BCUT2D eigenvalue weighted by Gasteiger charge is 2.24. The Bertz CT molecular complexity index is 1000. The Balaban J connectivity index is 1.51. The van der Waals surface area contributed by atoms with E-state index in [1.54, 1.807) is 0 Å². The Hall–Kier alpha value is -3.09. The number of carbonyl (C=O) groups excluding carboxylic acids is 2. The predicted molar refractivity (Wildman–Crippen MR) is 109 cm³/mol. The summed E-state index contributed by atoms with van der Waals surface area (Å²) >= 11 is 0. The standard InChI is InChI=1S/C22H26N4O3/c1-14(27)24-19(11-15-12-23-18-10-6-5-9-17(15)18)22-26-20(13-29-22)21(28)25-16-7-3-2-4-8-16/h5-6,9-10,12-13,16,19,23H,2-4,7-8,11H2,1H3,(H,24,27)(H,25,28)/t19-/m0/s1. The van der Waals surface area contributed by atoms with Crippen LogP contribution in [0.15, 0.2) is 41.1 Å². The number of aromatic amines is 1. The maximum absolute atomic E-state index is 12.5. The van der Waals surface area contributed by atoms with Crippen LogP contribution in [0.1, 0.15) is 67.0 Å². The highest BCUT2D eigenvalue weighted by Crippen LogP contribution is 2.25. The van der Waals surface area contributed by atoms with Gasteiger partial charge in [0, 0.05) is 36.5 Å². The lowest BCUT2D eigenvalue weighted by molar-refractivity contribution is -0.119. The number of hydrogen-bond donors (Lipinski definition) is 3. The van der Waals surface area contributed by atoms with Crippen molar-refractivity contribution < 1.29 is 14.0 Å². The third-order valence-corrected chi connectivity index (χ3v) is 5.47. The van der Waals surface area contributed by atoms with Gasteiger partial charge in [0.25, 0.3) is 5.91 Å². The van der Waals surface area contributed by atoms with E-state index in [0.717, 1.165) is 42.1 Å². The Morgan fingerprint density at radius 2 is 2.03 bits per heavy atom. The van der Waals surface area contributed by atoms with Crippen LogP contribution in [0, 0.1) is 0 Å². The van der Waals surface area contributed by atoms with Gasteiger partial charge in [-0.1, -0.05) is 37.5 Å². The Morgan fingerprint density at radius 1 is 1.24 bits per heavy atom. The van der Waals surface area contributed by atoms with Crippen molar-refractivity contribution in [3.63, 3.8) is 0 Å². The number of benzene rings is 1. The minimum absolute atomic E-state index is 0.179. The Morgan fingerprint density at radius 3 is 2.83 bits per heavy atom. The van der Waals surface area contributed by atoms with Gasteiger partial charge in [0.2, 0.25) is 11.8 Å². The molecule has 0 aliphatic heterocycles. The van der Waals surface area contributed by atoms with E-state index in [4.69, 9.17) is 4.42 Å². The van der Waals surface area contributed by atoms with Crippen LogP contribution in [0.25, 0.3) is 10.9 Å². The summed E-state index contributed by atoms with van der Waals surface area (Å²) in [5.41, 5.74) is 2.33. The zero-order chi connectivity index (χ0) is 20.2. The van der Waals surface area contributed by atoms with Crippen LogP contribution in [-0.4, -0.2) is 27.8 Å². The summed E-state index contributed by atoms with van der Waals surface area (Å²) in [6, 6.07) is 7.73. The van der Waals surface area contributed by atoms with Gasteiger partial charge in [-0.05, 0) is 24.5 Å². The van der Waals surface area contributed by atoms with E-state index >= 15 is 0 Å². The lowest BCUT2D eigenvalue weighted by Crippen LogP contribution is -2.36. The number of nitrogens with zero attached hydrogens (tertiary/aromatic N) is 1. The van der Waals surface area contributed by atoms with Gasteiger partial charge >= 0.3 is 0 Å². The van der Waals surface area contributed by atoms with Gasteiger partial charge in [-0.3, -0.25) is 9.59 Å². The lowest BCUT2D eigenvalue weighted by Gasteiger charge is -2.22. The summed E-state index contributed by atoms with van der Waals surface area (Å²) in [7, 11) is 0. The molecule has 1 fully saturated rings. The molecule has 1 aliphatic rings. The highest BCUT2D eigenvalue weighted by molar-refractivity contribution is 5.92. The van der Waals surface area contributed by atoms with E-state index in [-0.39, 0.29) is 23.6 Å². The van der Waals surface area contributed by atoms with Crippen LogP contribution in [-0.2, 0) is 11.2 Å². The second kappa shape index (κ2) is 8.51. The second-order valence-electron chi connectivity index (χ2n) is 7.70. The minimum atomic E-state index is -0.456. The Kier molecular flexibility index (Phi) is 5.64. The summed E-state index contributed by atoms with van der Waals surface area (Å²) in [4.78, 5) is 31.9. The summed E-state index contributed by atoms with van der Waals surface area (Å²) in [6.45, 7) is 1.46. The van der Waals surface area contributed by atoms with E-state index in [1.807, 2.05) is 30.5 Å². The van der Waals surface area contributed by atoms with Crippen molar-refractivity contribution in [1.82, 2.24) is 20.6 Å². The molecule has 29 heavy (non-hydrogen) atoms. The number of nitrogens with one attached hydrogen (secondary N) is 3. The van der Waals surface area contributed by atoms with Crippen LogP contribution >= 0.6 is 0 Å². The van der Waals surface area contributed by atoms with Crippen LogP contribution in [0.4, 0.5) is 0 Å². The molecule has 3 N–H and O–H groups in total. The molecule has 1 aromatic carbocycles. The predicted octanol–water partition coefficient (Wildman–Crippen LogP) is 3.64. The monoisotopic (exact) mass is 394 g/mol. The molecule has 3 aromatic rings. The molecule has 7 heteroatoms. The molecule has 2 heterocycles. The smallest absolute Gasteiger partial charge is 0.273 e. The minimum Gasteiger partial charge on any atom is -0.446 e. The molecule has 1 atom stereocenters. The molecule has 0 radical (unpaired) electrons. The molecule has 1 saturated carbocycles. The molecule has 0 unspecified atom stereocenters. The third kappa shape index (κ3) is 4.50. The number of carbonyl (C=O) groups is 2. The fourth-order valence-electron chi connectivity index (χ4n) is 4.02. The third-order valence-electron chi connectivity index (χ3n) is 5.47. The summed E-state index contributed by atoms with van der Waals surface area (Å²) in [5, 5.41) is 7.02. The van der Waals surface area contributed by atoms with Gasteiger partial charge in [0.15, 0.2) is 5.69 Å². The molecule has 0 bridgehead atoms. The summed E-state index contributed by atoms with van der Waals surface area (Å²) in [5.74, 6) is -0.0684. The van der Waals surface area contributed by atoms with Crippen LogP contribution in [0.5, 0.6) is 0 Å². The molecule has 0 spiro atoms. The zero-order valence-corrected chi connectivity index (χ0v) is 16.5. The maximum atomic E-state index is 12.5. The first kappa shape index (κ1) is 19.2. The van der Waals surface area contributed by atoms with Gasteiger partial charge in [-0.2, -0.15) is 0 Å². The molecule has 7 nitrogen and oxygen atoms in total. The van der Waals surface area contributed by atoms with Gasteiger partial charge < -0.3 is 20.0 Å². The number of aromatic nitrogens is 2. The number of oxazole rings is 1. The normalized spacial score (nSPS) is 15.9. The van der Waals surface area contributed by atoms with Crippen LogP contribution < -0.4 is 10.6 Å². The number of H-pyrrole nitrogens is 1. The SMILES string of the molecule is CC(=O)N[C@@H](Cc1c[nH]c2ccccc12)c1nc(C(=O)NC2CCCCC2)co1. The first-order chi connectivity index (χ1) is 14.1. The molecular weight excluding hydrogens is 368 g/mol. The van der Waals surface area contributed by atoms with Gasteiger partial charge in [-0.15, -0.1) is 0 Å². The zero-order valence-electron chi connectivity index (χ0n) is 16.5. The van der Waals surface area contributed by atoms with Crippen molar-refractivity contribution in [2.75, 3.05) is 0 Å². The largest absolute Gasteiger partial charge is 0.446 e. The fourth-order valence-corrected chi connectivity index (χ4v) is 4.02. The maximum Gasteiger partial charge on any atom is 0.273 e. The summed E-state index contributed by atoms with van der Waals surface area (Å²) in [6.07, 6.45) is 9.34. The van der Waals surface area contributed by atoms with E-state index in [2.05, 4.69) is 20.6 Å². The number of para-hydroxylation sites is 1. The molecule has 2 amide bonds. The topological polar surface area (TPSA) is 100 Å². The lowest BCUT2D eigenvalue weighted by atomic mass is 9.95. The fraction of sp³-hybridized carbons (Fsp3) is 0.409. The second-order valence-corrected chi connectivity index (χ2v) is 7.70. The van der Waals surface area contributed by atoms with Crippen LogP contribution in [0.3, 0.4) is 0 Å². The average Bonchev–Trinajstić information content (AvgIpc) is 3.36. The number of fused-ring (bicyclic) bond motifs is 1. The van der Waals surface area contributed by atoms with Crippen molar-refractivity contribution in [3.05, 3.63) is 53.9 Å². The molecule has 4 rings (SSSR count). The van der Waals surface area contributed by atoms with E-state index in [1.165, 1.54) is 19.6 Å². The van der Waals surface area contributed by atoms with Crippen molar-refractivity contribution in [2.24, 2.45) is 0 Å². The number of amides is 2. The number of rotatable bonds is 6. The molecule has 152 valence electrons. The van der Waals surface area contributed by atoms with E-state index < -0.39 is 6.04 Å². The Labute approximate surface area is 169 Å². The van der Waals surface area contributed by atoms with Crippen molar-refractivity contribution in [3.8, 4) is 0 Å². The van der Waals surface area contributed by atoms with E-state index in [9.17, 15) is 9.59 Å². The van der Waals surface area contributed by atoms with Crippen molar-refractivity contribution >= 4 is 22.7 Å². The molecule has 1 aliphatic carbocycles. The highest BCUT2D eigenvalue weighted by atomic mass is 16.3. The van der Waals surface area contributed by atoms with Gasteiger partial charge in [0.05, 0.1) is 0 Å².